The normalized spacial score (nSPS) is 8.57. The molecule has 0 aromatic heterocycles. The van der Waals surface area contributed by atoms with Crippen LogP contribution in [-0.2, 0) is 30.7 Å². The Bertz CT molecular complexity index is 595. The Labute approximate surface area is 166 Å². The smallest absolute Gasteiger partial charge is 0.0451 e. The van der Waals surface area contributed by atoms with Gasteiger partial charge >= 0.3 is 41.3 Å². The number of rotatable bonds is 2. The molecular formula is C19H22Cl2OZr-2. The molecule has 1 nitrogen and oxygen atoms in total. The molecule has 124 valence electrons. The molecule has 0 aliphatic carbocycles. The predicted octanol–water partition coefficient (Wildman–Crippen LogP) is -1.75. The summed E-state index contributed by atoms with van der Waals surface area (Å²) >= 11 is 1.55. The van der Waals surface area contributed by atoms with Crippen molar-refractivity contribution < 1.29 is 54.2 Å². The summed E-state index contributed by atoms with van der Waals surface area (Å²) in [4.78, 5) is 0. The van der Waals surface area contributed by atoms with Gasteiger partial charge < -0.3 is 29.9 Å². The Morgan fingerprint density at radius 2 is 1.61 bits per heavy atom. The number of benzene rings is 1. The van der Waals surface area contributed by atoms with Crippen molar-refractivity contribution in [3.63, 3.8) is 0 Å². The van der Waals surface area contributed by atoms with Gasteiger partial charge in [-0.3, -0.25) is 0 Å². The second kappa shape index (κ2) is 15.0. The summed E-state index contributed by atoms with van der Waals surface area (Å²) < 4.78 is 1.51. The average Bonchev–Trinajstić information content (AvgIpc) is 3.09. The van der Waals surface area contributed by atoms with E-state index in [0.717, 1.165) is 6.42 Å². The molecule has 0 fully saturated rings. The third kappa shape index (κ3) is 11.6. The van der Waals surface area contributed by atoms with Crippen molar-refractivity contribution in [2.75, 3.05) is 6.61 Å². The maximum atomic E-state index is 8.44. The zero-order valence-corrected chi connectivity index (χ0v) is 17.4. The summed E-state index contributed by atoms with van der Waals surface area (Å²) in [5.74, 6) is 0. The first-order valence-electron chi connectivity index (χ1n) is 7.07. The van der Waals surface area contributed by atoms with Gasteiger partial charge in [0.1, 0.15) is 0 Å². The minimum Gasteiger partial charge on any atom is -1.00 e. The van der Waals surface area contributed by atoms with Crippen LogP contribution in [0.15, 0.2) is 66.7 Å². The van der Waals surface area contributed by atoms with Crippen molar-refractivity contribution in [2.45, 2.75) is 20.3 Å². The van der Waals surface area contributed by atoms with Gasteiger partial charge in [0.25, 0.3) is 0 Å². The molecule has 0 aliphatic heterocycles. The SMILES string of the molecule is C[C](C)=[Zr+2].OCCc1ccc[cH-]1.[Cl-].[Cl-].c1ccc2[cH-]ccc2c1. The topological polar surface area (TPSA) is 20.2 Å². The summed E-state index contributed by atoms with van der Waals surface area (Å²) in [6.45, 7) is 4.50. The van der Waals surface area contributed by atoms with Crippen molar-refractivity contribution >= 4 is 14.0 Å². The van der Waals surface area contributed by atoms with E-state index in [9.17, 15) is 0 Å². The first-order chi connectivity index (χ1) is 10.1. The second-order valence-corrected chi connectivity index (χ2v) is 7.38. The van der Waals surface area contributed by atoms with Crippen LogP contribution in [0, 0.1) is 0 Å². The third-order valence-corrected chi connectivity index (χ3v) is 2.68. The number of hydrogen-bond acceptors (Lipinski definition) is 1. The van der Waals surface area contributed by atoms with E-state index in [1.165, 1.54) is 19.5 Å². The molecule has 4 heteroatoms. The summed E-state index contributed by atoms with van der Waals surface area (Å²) in [5.41, 5.74) is 1.22. The number of aliphatic hydroxyl groups excluding tert-OH is 1. The van der Waals surface area contributed by atoms with Crippen molar-refractivity contribution in [1.29, 1.82) is 0 Å². The Morgan fingerprint density at radius 1 is 0.957 bits per heavy atom. The third-order valence-electron chi connectivity index (χ3n) is 2.68. The minimum absolute atomic E-state index is 0. The van der Waals surface area contributed by atoms with E-state index in [4.69, 9.17) is 5.11 Å². The van der Waals surface area contributed by atoms with Gasteiger partial charge in [-0.2, -0.15) is 35.2 Å². The molecule has 0 saturated heterocycles. The van der Waals surface area contributed by atoms with Crippen LogP contribution in [0.1, 0.15) is 19.4 Å². The van der Waals surface area contributed by atoms with Gasteiger partial charge in [0.15, 0.2) is 0 Å². The van der Waals surface area contributed by atoms with Gasteiger partial charge in [0, 0.05) is 6.61 Å². The van der Waals surface area contributed by atoms with E-state index < -0.39 is 0 Å². The number of halogens is 2. The molecule has 0 saturated carbocycles. The van der Waals surface area contributed by atoms with Crippen LogP contribution in [0.2, 0.25) is 0 Å². The first kappa shape index (κ1) is 24.7. The summed E-state index contributed by atoms with van der Waals surface area (Å²) in [5, 5.41) is 11.1. The van der Waals surface area contributed by atoms with Crippen molar-refractivity contribution in [2.24, 2.45) is 0 Å². The number of hydrogen-bond donors (Lipinski definition) is 1. The number of fused-ring (bicyclic) bond motifs is 1. The quantitative estimate of drug-likeness (QED) is 0.481. The predicted molar refractivity (Wildman–Crippen MR) is 88.7 cm³/mol. The zero-order valence-electron chi connectivity index (χ0n) is 13.5. The largest absolute Gasteiger partial charge is 1.00 e. The molecule has 0 amide bonds. The average molecular weight is 429 g/mol. The minimum atomic E-state index is 0. The van der Waals surface area contributed by atoms with Crippen LogP contribution >= 0.6 is 0 Å². The molecule has 3 aromatic rings. The van der Waals surface area contributed by atoms with Gasteiger partial charge in [0.05, 0.1) is 0 Å². The van der Waals surface area contributed by atoms with Gasteiger partial charge in [-0.05, 0) is 6.42 Å². The van der Waals surface area contributed by atoms with Crippen molar-refractivity contribution in [3.05, 3.63) is 72.3 Å². The van der Waals surface area contributed by atoms with Crippen LogP contribution in [0.4, 0.5) is 0 Å². The molecule has 3 aromatic carbocycles. The van der Waals surface area contributed by atoms with Crippen LogP contribution in [0.5, 0.6) is 0 Å². The Kier molecular flexibility index (Phi) is 16.2. The van der Waals surface area contributed by atoms with E-state index in [1.54, 1.807) is 24.2 Å². The second-order valence-electron chi connectivity index (χ2n) is 4.92. The molecule has 0 aliphatic rings. The molecule has 0 unspecified atom stereocenters. The molecule has 0 heterocycles. The maximum absolute atomic E-state index is 8.44. The summed E-state index contributed by atoms with van der Waals surface area (Å²) in [7, 11) is 0. The first-order valence-corrected chi connectivity index (χ1v) is 8.30. The van der Waals surface area contributed by atoms with Crippen molar-refractivity contribution in [1.82, 2.24) is 0 Å². The summed E-state index contributed by atoms with van der Waals surface area (Å²) in [6.07, 6.45) is 0.785. The van der Waals surface area contributed by atoms with E-state index in [1.807, 2.05) is 24.3 Å². The fourth-order valence-electron chi connectivity index (χ4n) is 1.78. The summed E-state index contributed by atoms with van der Waals surface area (Å²) in [6, 6.07) is 22.6. The van der Waals surface area contributed by atoms with Crippen molar-refractivity contribution in [3.8, 4) is 0 Å². The molecule has 3 rings (SSSR count). The Morgan fingerprint density at radius 3 is 2.13 bits per heavy atom. The molecule has 0 atom stereocenters. The maximum Gasteiger partial charge on any atom is 0.0451 e. The van der Waals surface area contributed by atoms with Crippen LogP contribution < -0.4 is 24.8 Å². The van der Waals surface area contributed by atoms with E-state index in [0.29, 0.717) is 0 Å². The molecule has 0 bridgehead atoms. The van der Waals surface area contributed by atoms with E-state index >= 15 is 0 Å². The molecule has 1 N–H and O–H groups in total. The Hall–Kier alpha value is -0.527. The zero-order chi connectivity index (χ0) is 15.5. The fourth-order valence-corrected chi connectivity index (χ4v) is 1.78. The Balaban J connectivity index is 0. The van der Waals surface area contributed by atoms with E-state index in [-0.39, 0.29) is 31.4 Å². The van der Waals surface area contributed by atoms with Gasteiger partial charge in [-0.25, -0.2) is 12.1 Å². The monoisotopic (exact) mass is 426 g/mol. The fraction of sp³-hybridized carbons (Fsp3) is 0.211. The van der Waals surface area contributed by atoms with Crippen LogP contribution in [0.3, 0.4) is 0 Å². The molecule has 0 radical (unpaired) electrons. The molecular weight excluding hydrogens is 406 g/mol. The van der Waals surface area contributed by atoms with E-state index in [2.05, 4.69) is 56.3 Å². The number of aliphatic hydroxyl groups is 1. The molecule has 0 spiro atoms. The van der Waals surface area contributed by atoms with Gasteiger partial charge in [0.2, 0.25) is 0 Å². The van der Waals surface area contributed by atoms with Crippen LogP contribution in [-0.4, -0.2) is 14.9 Å². The van der Waals surface area contributed by atoms with Gasteiger partial charge in [-0.1, -0.05) is 6.07 Å². The molecule has 23 heavy (non-hydrogen) atoms. The van der Waals surface area contributed by atoms with Gasteiger partial charge in [-0.15, -0.1) is 29.7 Å². The van der Waals surface area contributed by atoms with Crippen LogP contribution in [0.25, 0.3) is 10.8 Å². The standard InChI is InChI=1S/C9H7.C7H9O.C3H6.2ClH.Zr/c1-2-5-9-7-3-6-8(9)4-1;8-6-5-7-3-1-2-4-7;1-3-2;;;/h1-7H;1-4,8H,5-6H2;1-2H3;2*1H;/q2*-1;;;;+2/p-2.